The van der Waals surface area contributed by atoms with Gasteiger partial charge in [0.2, 0.25) is 0 Å². The number of ether oxygens (including phenoxy) is 1. The van der Waals surface area contributed by atoms with Crippen LogP contribution in [0, 0.1) is 10.8 Å². The van der Waals surface area contributed by atoms with Crippen molar-refractivity contribution in [3.8, 4) is 0 Å². The van der Waals surface area contributed by atoms with Crippen LogP contribution in [-0.4, -0.2) is 13.2 Å². The van der Waals surface area contributed by atoms with Crippen LogP contribution in [0.1, 0.15) is 39.5 Å². The first kappa shape index (κ1) is 7.60. The van der Waals surface area contributed by atoms with Gasteiger partial charge in [-0.25, -0.2) is 0 Å². The second-order valence-electron chi connectivity index (χ2n) is 4.92. The van der Waals surface area contributed by atoms with Crippen LogP contribution in [0.25, 0.3) is 0 Å². The quantitative estimate of drug-likeness (QED) is 0.607. The molecule has 1 nitrogen and oxygen atoms in total. The normalized spacial score (nSPS) is 30.5. The lowest BCUT2D eigenvalue weighted by atomic mass is 9.88. The standard InChI is InChI=1S/C10H18O/c1-9(4-5-9)8(11-3)10(2)6-7-10/h8H,4-7H2,1-3H3. The molecule has 2 fully saturated rings. The monoisotopic (exact) mass is 154 g/mol. The lowest BCUT2D eigenvalue weighted by Crippen LogP contribution is -2.30. The summed E-state index contributed by atoms with van der Waals surface area (Å²) in [6.45, 7) is 4.73. The van der Waals surface area contributed by atoms with E-state index >= 15 is 0 Å². The van der Waals surface area contributed by atoms with Gasteiger partial charge in [0.15, 0.2) is 0 Å². The van der Waals surface area contributed by atoms with Crippen molar-refractivity contribution in [2.75, 3.05) is 7.11 Å². The smallest absolute Gasteiger partial charge is 0.0678 e. The summed E-state index contributed by atoms with van der Waals surface area (Å²) < 4.78 is 5.60. The van der Waals surface area contributed by atoms with Crippen molar-refractivity contribution in [3.05, 3.63) is 0 Å². The Hall–Kier alpha value is -0.0400. The fourth-order valence-corrected chi connectivity index (χ4v) is 2.33. The summed E-state index contributed by atoms with van der Waals surface area (Å²) in [6.07, 6.45) is 6.04. The minimum Gasteiger partial charge on any atom is -0.380 e. The molecule has 0 radical (unpaired) electrons. The molecule has 0 bridgehead atoms. The SMILES string of the molecule is COC(C1(C)CC1)C1(C)CC1. The molecular formula is C10H18O. The van der Waals surface area contributed by atoms with Crippen molar-refractivity contribution in [3.63, 3.8) is 0 Å². The molecule has 0 amide bonds. The van der Waals surface area contributed by atoms with E-state index in [9.17, 15) is 0 Å². The van der Waals surface area contributed by atoms with Crippen molar-refractivity contribution in [2.45, 2.75) is 45.6 Å². The van der Waals surface area contributed by atoms with Crippen LogP contribution in [-0.2, 0) is 4.74 Å². The summed E-state index contributed by atoms with van der Waals surface area (Å²) in [5.74, 6) is 0. The van der Waals surface area contributed by atoms with Crippen LogP contribution in [0.5, 0.6) is 0 Å². The fourth-order valence-electron chi connectivity index (χ4n) is 2.33. The zero-order valence-electron chi connectivity index (χ0n) is 7.81. The molecule has 0 aromatic heterocycles. The molecule has 0 aliphatic heterocycles. The highest BCUT2D eigenvalue weighted by Gasteiger charge is 2.57. The zero-order valence-corrected chi connectivity index (χ0v) is 7.81. The van der Waals surface area contributed by atoms with Gasteiger partial charge in [-0.1, -0.05) is 13.8 Å². The van der Waals surface area contributed by atoms with Crippen LogP contribution < -0.4 is 0 Å². The summed E-state index contributed by atoms with van der Waals surface area (Å²) in [4.78, 5) is 0. The lowest BCUT2D eigenvalue weighted by molar-refractivity contribution is -0.00407. The molecule has 0 aromatic carbocycles. The maximum absolute atomic E-state index is 5.60. The average Bonchev–Trinajstić information content (AvgIpc) is 2.78. The minimum absolute atomic E-state index is 0.537. The second-order valence-corrected chi connectivity index (χ2v) is 4.92. The molecule has 0 unspecified atom stereocenters. The van der Waals surface area contributed by atoms with Gasteiger partial charge in [0.1, 0.15) is 0 Å². The van der Waals surface area contributed by atoms with Crippen LogP contribution >= 0.6 is 0 Å². The molecule has 0 spiro atoms. The Labute approximate surface area is 69.1 Å². The molecule has 1 heteroatoms. The predicted molar refractivity (Wildman–Crippen MR) is 45.5 cm³/mol. The average molecular weight is 154 g/mol. The second kappa shape index (κ2) is 2.01. The van der Waals surface area contributed by atoms with Gasteiger partial charge < -0.3 is 4.74 Å². The van der Waals surface area contributed by atoms with E-state index in [0.29, 0.717) is 16.9 Å². The number of hydrogen-bond donors (Lipinski definition) is 0. The minimum atomic E-state index is 0.537. The van der Waals surface area contributed by atoms with Crippen LogP contribution in [0.2, 0.25) is 0 Å². The highest BCUT2D eigenvalue weighted by Crippen LogP contribution is 2.62. The summed E-state index contributed by atoms with van der Waals surface area (Å²) in [6, 6.07) is 0. The molecule has 64 valence electrons. The van der Waals surface area contributed by atoms with Gasteiger partial charge in [0.25, 0.3) is 0 Å². The topological polar surface area (TPSA) is 9.23 Å². The third-order valence-corrected chi connectivity index (χ3v) is 3.58. The van der Waals surface area contributed by atoms with E-state index in [0.717, 1.165) is 0 Å². The van der Waals surface area contributed by atoms with Gasteiger partial charge in [-0.2, -0.15) is 0 Å². The Kier molecular flexibility index (Phi) is 1.39. The van der Waals surface area contributed by atoms with Crippen LogP contribution in [0.3, 0.4) is 0 Å². The van der Waals surface area contributed by atoms with E-state index < -0.39 is 0 Å². The predicted octanol–water partition coefficient (Wildman–Crippen LogP) is 2.60. The number of hydrogen-bond acceptors (Lipinski definition) is 1. The van der Waals surface area contributed by atoms with Gasteiger partial charge in [-0.15, -0.1) is 0 Å². The van der Waals surface area contributed by atoms with Crippen molar-refractivity contribution in [1.82, 2.24) is 0 Å². The highest BCUT2D eigenvalue weighted by atomic mass is 16.5. The molecular weight excluding hydrogens is 136 g/mol. The van der Waals surface area contributed by atoms with E-state index in [2.05, 4.69) is 13.8 Å². The maximum atomic E-state index is 5.60. The molecule has 2 aliphatic carbocycles. The summed E-state index contributed by atoms with van der Waals surface area (Å²) in [7, 11) is 1.87. The van der Waals surface area contributed by atoms with Gasteiger partial charge in [0.05, 0.1) is 6.10 Å². The molecule has 0 N–H and O–H groups in total. The Morgan fingerprint density at radius 3 is 1.55 bits per heavy atom. The summed E-state index contributed by atoms with van der Waals surface area (Å²) >= 11 is 0. The summed E-state index contributed by atoms with van der Waals surface area (Å²) in [5.41, 5.74) is 1.08. The van der Waals surface area contributed by atoms with Crippen molar-refractivity contribution >= 4 is 0 Å². The third-order valence-electron chi connectivity index (χ3n) is 3.58. The maximum Gasteiger partial charge on any atom is 0.0678 e. The van der Waals surface area contributed by atoms with Gasteiger partial charge in [-0.3, -0.25) is 0 Å². The van der Waals surface area contributed by atoms with Gasteiger partial charge in [-0.05, 0) is 36.5 Å². The molecule has 0 heterocycles. The molecule has 2 saturated carbocycles. The highest BCUT2D eigenvalue weighted by molar-refractivity contribution is 5.08. The van der Waals surface area contributed by atoms with E-state index in [-0.39, 0.29) is 0 Å². The van der Waals surface area contributed by atoms with Gasteiger partial charge >= 0.3 is 0 Å². The first-order chi connectivity index (χ1) is 5.11. The van der Waals surface area contributed by atoms with E-state index in [4.69, 9.17) is 4.74 Å². The van der Waals surface area contributed by atoms with Crippen molar-refractivity contribution in [1.29, 1.82) is 0 Å². The van der Waals surface area contributed by atoms with Crippen molar-refractivity contribution in [2.24, 2.45) is 10.8 Å². The molecule has 0 aromatic rings. The third kappa shape index (κ3) is 1.10. The fraction of sp³-hybridized carbons (Fsp3) is 1.00. The first-order valence-corrected chi connectivity index (χ1v) is 4.64. The van der Waals surface area contributed by atoms with Gasteiger partial charge in [0, 0.05) is 7.11 Å². The van der Waals surface area contributed by atoms with E-state index in [1.165, 1.54) is 25.7 Å². The summed E-state index contributed by atoms with van der Waals surface area (Å²) in [5, 5.41) is 0. The lowest BCUT2D eigenvalue weighted by Gasteiger charge is -2.28. The Balaban J connectivity index is 2.07. The Bertz CT molecular complexity index is 148. The Morgan fingerprint density at radius 1 is 1.00 bits per heavy atom. The van der Waals surface area contributed by atoms with Crippen LogP contribution in [0.15, 0.2) is 0 Å². The van der Waals surface area contributed by atoms with E-state index in [1.807, 2.05) is 7.11 Å². The molecule has 0 atom stereocenters. The van der Waals surface area contributed by atoms with E-state index in [1.54, 1.807) is 0 Å². The molecule has 11 heavy (non-hydrogen) atoms. The molecule has 0 saturated heterocycles. The first-order valence-electron chi connectivity index (χ1n) is 4.64. The number of rotatable bonds is 3. The van der Waals surface area contributed by atoms with Crippen LogP contribution in [0.4, 0.5) is 0 Å². The number of methoxy groups -OCH3 is 1. The largest absolute Gasteiger partial charge is 0.380 e. The zero-order chi connectivity index (χ0) is 8.11. The Morgan fingerprint density at radius 2 is 1.36 bits per heavy atom. The van der Waals surface area contributed by atoms with Crippen molar-refractivity contribution < 1.29 is 4.74 Å². The molecule has 2 aliphatic rings. The molecule has 2 rings (SSSR count).